The highest BCUT2D eigenvalue weighted by atomic mass is 16.5. The lowest BCUT2D eigenvalue weighted by Crippen LogP contribution is -2.71. The number of phenolic OH excluding ortho intramolecular Hbond substituents is 1. The summed E-state index contributed by atoms with van der Waals surface area (Å²) in [5.41, 5.74) is 2.51. The molecular weight excluding hydrogens is 402 g/mol. The van der Waals surface area contributed by atoms with Crippen molar-refractivity contribution in [1.82, 2.24) is 15.0 Å². The van der Waals surface area contributed by atoms with Gasteiger partial charge < -0.3 is 19.6 Å². The molecule has 2 N–H and O–H groups in total. The Morgan fingerprint density at radius 1 is 1.12 bits per heavy atom. The van der Waals surface area contributed by atoms with Crippen LogP contribution >= 0.6 is 0 Å². The summed E-state index contributed by atoms with van der Waals surface area (Å²) >= 11 is 0. The minimum absolute atomic E-state index is 0.173. The third kappa shape index (κ3) is 3.30. The fourth-order valence-electron chi connectivity index (χ4n) is 6.94. The number of aryl methyl sites for hydroxylation is 1. The molecule has 2 aliphatic carbocycles. The van der Waals surface area contributed by atoms with E-state index >= 15 is 0 Å². The molecule has 32 heavy (non-hydrogen) atoms. The highest BCUT2D eigenvalue weighted by Gasteiger charge is 2.63. The van der Waals surface area contributed by atoms with Gasteiger partial charge in [0.2, 0.25) is 0 Å². The molecule has 3 heterocycles. The molecule has 1 aromatic carbocycles. The third-order valence-corrected chi connectivity index (χ3v) is 8.88. The van der Waals surface area contributed by atoms with Crippen LogP contribution in [0.4, 0.5) is 0 Å². The van der Waals surface area contributed by atoms with E-state index in [2.05, 4.69) is 21.0 Å². The molecule has 6 heteroatoms. The van der Waals surface area contributed by atoms with Crippen LogP contribution in [0.3, 0.4) is 0 Å². The molecule has 2 aliphatic heterocycles. The van der Waals surface area contributed by atoms with E-state index in [1.165, 1.54) is 24.0 Å². The number of aromatic hydroxyl groups is 1. The largest absolute Gasteiger partial charge is 0.508 e. The molecule has 0 unspecified atom stereocenters. The van der Waals surface area contributed by atoms with E-state index in [0.29, 0.717) is 5.75 Å². The van der Waals surface area contributed by atoms with Gasteiger partial charge in [-0.15, -0.1) is 0 Å². The Balaban J connectivity index is 1.31. The summed E-state index contributed by atoms with van der Waals surface area (Å²) in [7, 11) is 0. The standard InChI is InChI=1S/C26H35N3O3/c1-18-14-21(27-32-18)6-10-28-11-7-25-8-13-29(17-19-2-3-19)24(26(25,31)9-12-28)15-20-4-5-22(30)16-23(20)25/h4-5,14,16,19,24,30-31H,2-3,6-13,15,17H2,1H3/t24-,25+,26-/m1/s1. The quantitative estimate of drug-likeness (QED) is 0.749. The minimum atomic E-state index is -0.750. The lowest BCUT2D eigenvalue weighted by atomic mass is 9.52. The number of nitrogens with zero attached hydrogens (tertiary/aromatic N) is 3. The molecule has 3 atom stereocenters. The highest BCUT2D eigenvalue weighted by Crippen LogP contribution is 2.56. The molecule has 1 saturated carbocycles. The normalized spacial score (nSPS) is 32.9. The van der Waals surface area contributed by atoms with E-state index < -0.39 is 5.60 Å². The summed E-state index contributed by atoms with van der Waals surface area (Å²) in [4.78, 5) is 5.11. The van der Waals surface area contributed by atoms with Crippen molar-refractivity contribution in [2.45, 2.75) is 68.9 Å². The van der Waals surface area contributed by atoms with Gasteiger partial charge >= 0.3 is 0 Å². The summed E-state index contributed by atoms with van der Waals surface area (Å²) < 4.78 is 5.24. The number of piperidine rings is 1. The van der Waals surface area contributed by atoms with Crippen molar-refractivity contribution < 1.29 is 14.7 Å². The Morgan fingerprint density at radius 3 is 2.72 bits per heavy atom. The lowest BCUT2D eigenvalue weighted by Gasteiger charge is -2.61. The van der Waals surface area contributed by atoms with E-state index in [-0.39, 0.29) is 11.5 Å². The fraction of sp³-hybridized carbons (Fsp3) is 0.654. The first-order chi connectivity index (χ1) is 15.5. The van der Waals surface area contributed by atoms with Crippen LogP contribution in [0.2, 0.25) is 0 Å². The van der Waals surface area contributed by atoms with Gasteiger partial charge in [-0.3, -0.25) is 4.90 Å². The van der Waals surface area contributed by atoms with Crippen LogP contribution in [0.1, 0.15) is 54.7 Å². The van der Waals surface area contributed by atoms with E-state index in [1.54, 1.807) is 0 Å². The van der Waals surface area contributed by atoms with Gasteiger partial charge in [-0.2, -0.15) is 0 Å². The van der Waals surface area contributed by atoms with Crippen LogP contribution in [0.25, 0.3) is 0 Å². The van der Waals surface area contributed by atoms with E-state index in [0.717, 1.165) is 82.2 Å². The van der Waals surface area contributed by atoms with Gasteiger partial charge in [0.1, 0.15) is 11.5 Å². The van der Waals surface area contributed by atoms with Crippen LogP contribution in [0.5, 0.6) is 5.75 Å². The average molecular weight is 438 g/mol. The monoisotopic (exact) mass is 437 g/mol. The van der Waals surface area contributed by atoms with Gasteiger partial charge in [0.05, 0.1) is 11.3 Å². The zero-order chi connectivity index (χ0) is 21.9. The molecule has 0 amide bonds. The molecular formula is C26H35N3O3. The zero-order valence-electron chi connectivity index (χ0n) is 19.1. The lowest BCUT2D eigenvalue weighted by molar-refractivity contribution is -0.149. The molecule has 3 fully saturated rings. The Bertz CT molecular complexity index is 1000. The number of aromatic nitrogens is 1. The van der Waals surface area contributed by atoms with Crippen molar-refractivity contribution in [3.8, 4) is 5.75 Å². The molecule has 172 valence electrons. The number of rotatable bonds is 5. The summed E-state index contributed by atoms with van der Waals surface area (Å²) in [6.07, 6.45) is 7.13. The van der Waals surface area contributed by atoms with Gasteiger partial charge in [-0.05, 0) is 87.7 Å². The Kier molecular flexibility index (Phi) is 4.90. The summed E-state index contributed by atoms with van der Waals surface area (Å²) in [6.45, 7) is 6.91. The third-order valence-electron chi connectivity index (χ3n) is 8.88. The van der Waals surface area contributed by atoms with Crippen molar-refractivity contribution in [3.05, 3.63) is 46.8 Å². The number of benzene rings is 1. The average Bonchev–Trinajstić information content (AvgIpc) is 3.52. The molecule has 2 aromatic rings. The first-order valence-electron chi connectivity index (χ1n) is 12.4. The predicted molar refractivity (Wildman–Crippen MR) is 122 cm³/mol. The van der Waals surface area contributed by atoms with Crippen LogP contribution in [0, 0.1) is 12.8 Å². The molecule has 6 rings (SSSR count). The number of phenols is 1. The predicted octanol–water partition coefficient (Wildman–Crippen LogP) is 3.04. The van der Waals surface area contributed by atoms with Crippen molar-refractivity contribution in [2.24, 2.45) is 5.92 Å². The van der Waals surface area contributed by atoms with E-state index in [4.69, 9.17) is 4.52 Å². The number of hydrogen-bond donors (Lipinski definition) is 2. The van der Waals surface area contributed by atoms with Crippen LogP contribution in [0.15, 0.2) is 28.8 Å². The second kappa shape index (κ2) is 7.57. The van der Waals surface area contributed by atoms with Crippen molar-refractivity contribution in [2.75, 3.05) is 32.7 Å². The second-order valence-electron chi connectivity index (χ2n) is 10.8. The zero-order valence-corrected chi connectivity index (χ0v) is 19.1. The maximum Gasteiger partial charge on any atom is 0.133 e. The maximum atomic E-state index is 12.5. The molecule has 1 aromatic heterocycles. The number of aliphatic hydroxyl groups is 1. The van der Waals surface area contributed by atoms with Crippen LogP contribution in [-0.4, -0.2) is 69.5 Å². The van der Waals surface area contributed by atoms with Crippen molar-refractivity contribution >= 4 is 0 Å². The molecule has 0 spiro atoms. The Morgan fingerprint density at radius 2 is 1.94 bits per heavy atom. The molecule has 6 nitrogen and oxygen atoms in total. The van der Waals surface area contributed by atoms with Gasteiger partial charge in [-0.1, -0.05) is 11.2 Å². The second-order valence-corrected chi connectivity index (χ2v) is 10.8. The van der Waals surface area contributed by atoms with E-state index in [1.807, 2.05) is 25.1 Å². The summed E-state index contributed by atoms with van der Waals surface area (Å²) in [5, 5.41) is 27.0. The van der Waals surface area contributed by atoms with Crippen molar-refractivity contribution in [3.63, 3.8) is 0 Å². The van der Waals surface area contributed by atoms with E-state index in [9.17, 15) is 10.2 Å². The smallest absolute Gasteiger partial charge is 0.133 e. The van der Waals surface area contributed by atoms with Crippen LogP contribution in [-0.2, 0) is 18.3 Å². The number of fused-ring (bicyclic) bond motifs is 1. The summed E-state index contributed by atoms with van der Waals surface area (Å²) in [6, 6.07) is 8.08. The van der Waals surface area contributed by atoms with Crippen LogP contribution < -0.4 is 0 Å². The molecule has 0 radical (unpaired) electrons. The molecule has 4 aliphatic rings. The number of likely N-dealkylation sites (tertiary alicyclic amines) is 2. The topological polar surface area (TPSA) is 73.0 Å². The maximum absolute atomic E-state index is 12.5. The van der Waals surface area contributed by atoms with Gasteiger partial charge in [0.15, 0.2) is 0 Å². The Hall–Kier alpha value is -1.89. The van der Waals surface area contributed by atoms with Gasteiger partial charge in [0, 0.05) is 43.6 Å². The SMILES string of the molecule is Cc1cc(CCN2CC[C@]34CCN(CC5CC5)[C@H](Cc5ccc(O)cc53)[C@]4(O)CC2)no1. The fourth-order valence-corrected chi connectivity index (χ4v) is 6.94. The molecule has 2 saturated heterocycles. The summed E-state index contributed by atoms with van der Waals surface area (Å²) in [5.74, 6) is 2.00. The van der Waals surface area contributed by atoms with Gasteiger partial charge in [0.25, 0.3) is 0 Å². The van der Waals surface area contributed by atoms with Gasteiger partial charge in [-0.25, -0.2) is 0 Å². The van der Waals surface area contributed by atoms with Crippen molar-refractivity contribution in [1.29, 1.82) is 0 Å². The molecule has 2 bridgehead atoms. The first-order valence-corrected chi connectivity index (χ1v) is 12.4. The highest BCUT2D eigenvalue weighted by molar-refractivity contribution is 5.48. The minimum Gasteiger partial charge on any atom is -0.508 e. The number of hydrogen-bond acceptors (Lipinski definition) is 6. The Labute approximate surface area is 190 Å². The first kappa shape index (κ1) is 20.7.